The Morgan fingerprint density at radius 3 is 0.979 bits per heavy atom. The minimum Gasteiger partial charge on any atom is -0.310 e. The van der Waals surface area contributed by atoms with Gasteiger partial charge in [-0.3, -0.25) is 0 Å². The van der Waals surface area contributed by atoms with Gasteiger partial charge in [0.25, 0.3) is 0 Å². The molecule has 0 fully saturated rings. The Morgan fingerprint density at radius 1 is 0.274 bits per heavy atom. The molecule has 11 aromatic rings. The summed E-state index contributed by atoms with van der Waals surface area (Å²) in [4.78, 5) is 7.30. The Morgan fingerprint density at radius 2 is 0.600 bits per heavy atom. The molecule has 0 saturated carbocycles. The van der Waals surface area contributed by atoms with Crippen molar-refractivity contribution in [1.82, 2.24) is 0 Å². The Bertz CT molecular complexity index is 4490. The second-order valence-electron chi connectivity index (χ2n) is 33.5. The van der Waals surface area contributed by atoms with Crippen LogP contribution in [0, 0.1) is 0 Å². The lowest BCUT2D eigenvalue weighted by atomic mass is 9.82. The van der Waals surface area contributed by atoms with E-state index in [1.807, 2.05) is 0 Å². The van der Waals surface area contributed by atoms with Gasteiger partial charge < -0.3 is 14.7 Å². The van der Waals surface area contributed by atoms with Crippen molar-refractivity contribution in [2.45, 2.75) is 176 Å². The molecule has 1 aliphatic carbocycles. The van der Waals surface area contributed by atoms with Crippen LogP contribution >= 0.6 is 11.6 Å². The van der Waals surface area contributed by atoms with Crippen molar-refractivity contribution in [3.8, 4) is 33.4 Å². The van der Waals surface area contributed by atoms with Crippen LogP contribution in [0.3, 0.4) is 0 Å². The number of fused-ring (bicyclic) bond motifs is 5. The van der Waals surface area contributed by atoms with Crippen LogP contribution in [0.4, 0.5) is 51.2 Å². The summed E-state index contributed by atoms with van der Waals surface area (Å²) in [7, 11) is 0. The smallest absolute Gasteiger partial charge is 0.0888 e. The first-order valence-corrected chi connectivity index (χ1v) is 34.6. The molecule has 0 saturated heterocycles. The second-order valence-corrected chi connectivity index (χ2v) is 33.9. The number of hydrogen-bond acceptors (Lipinski definition) is 3. The summed E-state index contributed by atoms with van der Waals surface area (Å²) in [5.41, 5.74) is 25.4. The molecule has 11 aromatic carbocycles. The van der Waals surface area contributed by atoms with Gasteiger partial charge in [0, 0.05) is 39.5 Å². The van der Waals surface area contributed by atoms with Gasteiger partial charge in [-0.25, -0.2) is 0 Å². The molecule has 0 aliphatic heterocycles. The van der Waals surface area contributed by atoms with E-state index >= 15 is 0 Å². The SMILES string of the molecule is CC(C)(C)c1ccc(-c2cc(-c3ccc(C(C)(C)C)cc3)cc(N(c3ccc(C(C)(C)C)cc3)c3cc(N(c4ccc(C(C)(C)C)cc4)c4ccc5c(c4)C(C)(C)c4ccc6ccccc6c4-5)cc(N(c4ccc(C(C)(C)C)cc4)c4ccc(C(C)(C)C)cc4)c3Cl)c2)cc1. The largest absolute Gasteiger partial charge is 0.310 e. The summed E-state index contributed by atoms with van der Waals surface area (Å²) >= 11 is 8.69. The molecule has 0 heterocycles. The molecule has 0 spiro atoms. The number of halogens is 1. The van der Waals surface area contributed by atoms with Gasteiger partial charge in [-0.2, -0.15) is 0 Å². The summed E-state index contributed by atoms with van der Waals surface area (Å²) in [6.07, 6.45) is 0. The van der Waals surface area contributed by atoms with E-state index in [1.54, 1.807) is 0 Å². The predicted molar refractivity (Wildman–Crippen MR) is 414 cm³/mol. The van der Waals surface area contributed by atoms with Crippen LogP contribution in [0.5, 0.6) is 0 Å². The Balaban J connectivity index is 1.20. The van der Waals surface area contributed by atoms with Crippen molar-refractivity contribution in [2.24, 2.45) is 0 Å². The molecule has 0 N–H and O–H groups in total. The molecule has 95 heavy (non-hydrogen) atoms. The standard InChI is InChI=1S/C91H98ClN3/c1-85(2,3)64-30-25-59(26-31-64)62-53-63(60-27-32-65(33-28-60)86(4,5)6)55-75(54-62)95(73-48-40-69(41-49-73)90(16,17)18)82-58-76(57-81(84(82)92)94(71-44-36-67(37-45-71)88(10,11)12)72-46-38-68(39-47-72)89(13,14)15)93(70-42-34-66(35-43-70)87(7,8)9)74-50-51-78-80(56-74)91(19,20)79-52-29-61-23-21-22-24-77(61)83(78)79/h21-58H,1-20H3. The third kappa shape index (κ3) is 13.2. The van der Waals surface area contributed by atoms with E-state index in [9.17, 15) is 0 Å². The fourth-order valence-corrected chi connectivity index (χ4v) is 14.1. The van der Waals surface area contributed by atoms with E-state index in [0.29, 0.717) is 5.02 Å². The van der Waals surface area contributed by atoms with Crippen LogP contribution in [-0.2, 0) is 37.9 Å². The van der Waals surface area contributed by atoms with Gasteiger partial charge in [-0.15, -0.1) is 0 Å². The number of nitrogens with zero attached hydrogens (tertiary/aromatic N) is 3. The van der Waals surface area contributed by atoms with Crippen LogP contribution in [0.2, 0.25) is 5.02 Å². The number of hydrogen-bond donors (Lipinski definition) is 0. The van der Waals surface area contributed by atoms with Crippen molar-refractivity contribution >= 4 is 73.6 Å². The van der Waals surface area contributed by atoms with Crippen LogP contribution in [0.25, 0.3) is 44.2 Å². The zero-order chi connectivity index (χ0) is 68.1. The zero-order valence-electron chi connectivity index (χ0n) is 60.2. The topological polar surface area (TPSA) is 9.72 Å². The zero-order valence-corrected chi connectivity index (χ0v) is 60.9. The van der Waals surface area contributed by atoms with Gasteiger partial charge in [0.05, 0.1) is 22.1 Å². The fourth-order valence-electron chi connectivity index (χ4n) is 13.8. The van der Waals surface area contributed by atoms with E-state index < -0.39 is 0 Å². The van der Waals surface area contributed by atoms with Crippen LogP contribution in [-0.4, -0.2) is 0 Å². The van der Waals surface area contributed by atoms with Gasteiger partial charge >= 0.3 is 0 Å². The molecule has 484 valence electrons. The number of rotatable bonds is 11. The highest BCUT2D eigenvalue weighted by atomic mass is 35.5. The second kappa shape index (κ2) is 24.2. The maximum atomic E-state index is 8.69. The Hall–Kier alpha value is -8.63. The minimum absolute atomic E-state index is 0.00856. The summed E-state index contributed by atoms with van der Waals surface area (Å²) in [6, 6.07) is 87.7. The van der Waals surface area contributed by atoms with Gasteiger partial charge in [-0.1, -0.05) is 290 Å². The molecule has 4 heteroatoms. The summed E-state index contributed by atoms with van der Waals surface area (Å²) in [6.45, 7) is 46.0. The van der Waals surface area contributed by atoms with Crippen molar-refractivity contribution in [3.05, 3.63) is 280 Å². The van der Waals surface area contributed by atoms with E-state index in [0.717, 1.165) is 73.4 Å². The average Bonchev–Trinajstić information content (AvgIpc) is 1.64. The summed E-state index contributed by atoms with van der Waals surface area (Å²) in [5.74, 6) is 0. The molecular weight excluding hydrogens is 1170 g/mol. The molecule has 3 nitrogen and oxygen atoms in total. The van der Waals surface area contributed by atoms with Crippen LogP contribution in [0.15, 0.2) is 231 Å². The normalized spacial score (nSPS) is 13.4. The van der Waals surface area contributed by atoms with E-state index in [2.05, 4.69) is 384 Å². The van der Waals surface area contributed by atoms with Crippen LogP contribution in [0.1, 0.15) is 183 Å². The quantitative estimate of drug-likeness (QED) is 0.128. The highest BCUT2D eigenvalue weighted by molar-refractivity contribution is 6.37. The number of anilines is 9. The minimum atomic E-state index is -0.295. The number of benzene rings is 11. The first kappa shape index (κ1) is 66.4. The third-order valence-corrected chi connectivity index (χ3v) is 20.3. The molecule has 0 bridgehead atoms. The first-order valence-electron chi connectivity index (χ1n) is 34.2. The lowest BCUT2D eigenvalue weighted by Crippen LogP contribution is -2.19. The first-order chi connectivity index (χ1) is 44.5. The van der Waals surface area contributed by atoms with Gasteiger partial charge in [0.1, 0.15) is 0 Å². The maximum absolute atomic E-state index is 8.69. The van der Waals surface area contributed by atoms with Gasteiger partial charge in [-0.05, 0) is 212 Å². The molecule has 0 atom stereocenters. The summed E-state index contributed by atoms with van der Waals surface area (Å²) in [5, 5.41) is 3.13. The molecule has 0 unspecified atom stereocenters. The third-order valence-electron chi connectivity index (χ3n) is 19.9. The predicted octanol–water partition coefficient (Wildman–Crippen LogP) is 27.3. The highest BCUT2D eigenvalue weighted by Crippen LogP contribution is 2.56. The fraction of sp³-hybridized carbons (Fsp3) is 0.297. The Labute approximate surface area is 574 Å². The highest BCUT2D eigenvalue weighted by Gasteiger charge is 2.38. The molecule has 0 radical (unpaired) electrons. The summed E-state index contributed by atoms with van der Waals surface area (Å²) < 4.78 is 0. The lowest BCUT2D eigenvalue weighted by Gasteiger charge is -2.35. The average molecular weight is 1270 g/mol. The lowest BCUT2D eigenvalue weighted by molar-refractivity contribution is 0.590. The van der Waals surface area contributed by atoms with Crippen molar-refractivity contribution in [1.29, 1.82) is 0 Å². The molecule has 1 aliphatic rings. The molecular formula is C91H98ClN3. The van der Waals surface area contributed by atoms with Crippen LogP contribution < -0.4 is 14.7 Å². The van der Waals surface area contributed by atoms with Crippen molar-refractivity contribution in [2.75, 3.05) is 14.7 Å². The monoisotopic (exact) mass is 1270 g/mol. The van der Waals surface area contributed by atoms with Gasteiger partial charge in [0.15, 0.2) is 0 Å². The van der Waals surface area contributed by atoms with Crippen molar-refractivity contribution < 1.29 is 0 Å². The van der Waals surface area contributed by atoms with E-state index in [4.69, 9.17) is 11.6 Å². The molecule has 0 amide bonds. The van der Waals surface area contributed by atoms with Gasteiger partial charge in [0.2, 0.25) is 0 Å². The Kier molecular flexibility index (Phi) is 16.9. The van der Waals surface area contributed by atoms with Crippen molar-refractivity contribution in [3.63, 3.8) is 0 Å². The van der Waals surface area contributed by atoms with E-state index in [-0.39, 0.29) is 37.9 Å². The van der Waals surface area contributed by atoms with E-state index in [1.165, 1.54) is 66.4 Å². The maximum Gasteiger partial charge on any atom is 0.0888 e. The molecule has 0 aromatic heterocycles. The molecule has 12 rings (SSSR count).